The van der Waals surface area contributed by atoms with E-state index in [2.05, 4.69) is 0 Å². The number of methoxy groups -OCH3 is 2. The second kappa shape index (κ2) is 7.02. The molecule has 0 unspecified atom stereocenters. The van der Waals surface area contributed by atoms with Gasteiger partial charge in [0.2, 0.25) is 0 Å². The molecule has 0 aromatic rings. The molecule has 15 heavy (non-hydrogen) atoms. The molecule has 0 bridgehead atoms. The van der Waals surface area contributed by atoms with Crippen LogP contribution < -0.4 is 0 Å². The topological polar surface area (TPSA) is 71.1 Å². The summed E-state index contributed by atoms with van der Waals surface area (Å²) in [6.07, 6.45) is 0. The second-order valence-corrected chi connectivity index (χ2v) is 11.0. The first-order chi connectivity index (χ1) is 6.95. The predicted octanol–water partition coefficient (Wildman–Crippen LogP) is -0.0740. The first-order valence-corrected chi connectivity index (χ1v) is 10.7. The molecule has 0 atom stereocenters. The zero-order chi connectivity index (χ0) is 11.9. The number of hydrogen-bond acceptors (Lipinski definition) is 6. The summed E-state index contributed by atoms with van der Waals surface area (Å²) < 4.78 is 20.3. The fraction of sp³-hybridized carbons (Fsp3) is 0.750. The van der Waals surface area contributed by atoms with Crippen molar-refractivity contribution in [2.75, 3.05) is 23.5 Å². The van der Waals surface area contributed by atoms with Crippen molar-refractivity contribution >= 4 is 31.1 Å². The molecule has 0 aliphatic rings. The van der Waals surface area contributed by atoms with Crippen LogP contribution in [-0.4, -0.2) is 54.6 Å². The van der Waals surface area contributed by atoms with Crippen molar-refractivity contribution in [2.24, 2.45) is 0 Å². The molecule has 0 spiro atoms. The Hall–Kier alpha value is -0.341. The standard InChI is InChI=1S/2C2H4O2.2C2H5O.Sn/c2*1-2(3)4;2*1-3-2;/h2*1H3,(H,3,4);2*1H2,2H3;/q;;;;+2/p-2. The van der Waals surface area contributed by atoms with Crippen LogP contribution in [-0.2, 0) is 25.2 Å². The number of rotatable bonds is 6. The van der Waals surface area contributed by atoms with E-state index in [1.165, 1.54) is 28.1 Å². The Labute approximate surface area is 93.8 Å². The number of ether oxygens (including phenoxy) is 2. The van der Waals surface area contributed by atoms with Crippen molar-refractivity contribution in [2.45, 2.75) is 13.8 Å². The summed E-state index contributed by atoms with van der Waals surface area (Å²) in [5.41, 5.74) is 0. The fourth-order valence-corrected chi connectivity index (χ4v) is 7.67. The first-order valence-electron chi connectivity index (χ1n) is 4.33. The third-order valence-corrected chi connectivity index (χ3v) is 9.31. The molecule has 7 heteroatoms. The molecule has 0 aromatic heterocycles. The van der Waals surface area contributed by atoms with Gasteiger partial charge < -0.3 is 0 Å². The van der Waals surface area contributed by atoms with Gasteiger partial charge in [-0.3, -0.25) is 0 Å². The monoisotopic (exact) mass is 328 g/mol. The summed E-state index contributed by atoms with van der Waals surface area (Å²) >= 11 is -3.87. The normalized spacial score (nSPS) is 10.9. The van der Waals surface area contributed by atoms with Gasteiger partial charge in [-0.15, -0.1) is 0 Å². The average molecular weight is 327 g/mol. The molecule has 0 aliphatic carbocycles. The van der Waals surface area contributed by atoms with E-state index in [9.17, 15) is 9.59 Å². The Morgan fingerprint density at radius 1 is 0.933 bits per heavy atom. The predicted molar refractivity (Wildman–Crippen MR) is 53.0 cm³/mol. The van der Waals surface area contributed by atoms with Gasteiger partial charge in [0.05, 0.1) is 0 Å². The van der Waals surface area contributed by atoms with E-state index < -0.39 is 31.1 Å². The summed E-state index contributed by atoms with van der Waals surface area (Å²) in [4.78, 5) is 21.8. The molecule has 0 fully saturated rings. The van der Waals surface area contributed by atoms with Crippen molar-refractivity contribution in [1.82, 2.24) is 0 Å². The molecule has 0 N–H and O–H groups in total. The molecule has 0 heterocycles. The van der Waals surface area contributed by atoms with E-state index in [1.54, 1.807) is 0 Å². The van der Waals surface area contributed by atoms with Gasteiger partial charge in [0.1, 0.15) is 0 Å². The zero-order valence-corrected chi connectivity index (χ0v) is 12.2. The number of carbonyl (C=O) groups excluding carboxylic acids is 2. The van der Waals surface area contributed by atoms with Crippen LogP contribution in [0.1, 0.15) is 13.8 Å². The van der Waals surface area contributed by atoms with Gasteiger partial charge in [-0.1, -0.05) is 0 Å². The SMILES string of the molecule is CO[CH2][Sn]([CH2]OC)([O]C(C)=O)[O]C(C)=O. The van der Waals surface area contributed by atoms with Crippen LogP contribution >= 0.6 is 0 Å². The van der Waals surface area contributed by atoms with E-state index in [4.69, 9.17) is 15.6 Å². The third kappa shape index (κ3) is 5.95. The fourth-order valence-electron chi connectivity index (χ4n) is 1.14. The summed E-state index contributed by atoms with van der Waals surface area (Å²) in [6, 6.07) is 0. The Bertz CT molecular complexity index is 205. The quantitative estimate of drug-likeness (QED) is 0.636. The van der Waals surface area contributed by atoms with Crippen LogP contribution in [0.3, 0.4) is 0 Å². The second-order valence-electron chi connectivity index (χ2n) is 2.96. The molecular weight excluding hydrogens is 311 g/mol. The summed E-state index contributed by atoms with van der Waals surface area (Å²) in [7, 11) is 2.91. The van der Waals surface area contributed by atoms with Gasteiger partial charge >= 0.3 is 93.7 Å². The molecule has 0 amide bonds. The van der Waals surface area contributed by atoms with Gasteiger partial charge in [-0.25, -0.2) is 0 Å². The van der Waals surface area contributed by atoms with Crippen LogP contribution in [0.2, 0.25) is 0 Å². The first kappa shape index (κ1) is 14.7. The van der Waals surface area contributed by atoms with Gasteiger partial charge in [-0.2, -0.15) is 0 Å². The molecule has 0 radical (unpaired) electrons. The van der Waals surface area contributed by atoms with Crippen molar-refractivity contribution in [3.63, 3.8) is 0 Å². The minimum atomic E-state index is -3.87. The number of carbonyl (C=O) groups is 2. The van der Waals surface area contributed by atoms with Crippen LogP contribution in [0.5, 0.6) is 0 Å². The molecule has 0 saturated carbocycles. The molecule has 0 aromatic carbocycles. The Morgan fingerprint density at radius 3 is 1.47 bits per heavy atom. The summed E-state index contributed by atoms with van der Waals surface area (Å²) in [5, 5.41) is 0. The van der Waals surface area contributed by atoms with Gasteiger partial charge in [0.15, 0.2) is 0 Å². The van der Waals surface area contributed by atoms with Crippen molar-refractivity contribution in [3.8, 4) is 0 Å². The van der Waals surface area contributed by atoms with Crippen molar-refractivity contribution < 1.29 is 25.2 Å². The van der Waals surface area contributed by atoms with E-state index in [1.807, 2.05) is 0 Å². The third-order valence-electron chi connectivity index (χ3n) is 1.39. The molecule has 6 nitrogen and oxygen atoms in total. The molecule has 0 saturated heterocycles. The van der Waals surface area contributed by atoms with Crippen molar-refractivity contribution in [3.05, 3.63) is 0 Å². The number of hydrogen-bond donors (Lipinski definition) is 0. The zero-order valence-electron chi connectivity index (χ0n) is 9.36. The Balaban J connectivity index is 4.69. The van der Waals surface area contributed by atoms with E-state index in [-0.39, 0.29) is 9.25 Å². The Morgan fingerprint density at radius 2 is 1.27 bits per heavy atom. The van der Waals surface area contributed by atoms with Crippen LogP contribution in [0.15, 0.2) is 0 Å². The summed E-state index contributed by atoms with van der Waals surface area (Å²) in [5.74, 6) is -0.970. The van der Waals surface area contributed by atoms with Crippen molar-refractivity contribution in [1.29, 1.82) is 0 Å². The molecule has 0 rings (SSSR count). The van der Waals surface area contributed by atoms with Crippen LogP contribution in [0, 0.1) is 0 Å². The van der Waals surface area contributed by atoms with Gasteiger partial charge in [0, 0.05) is 0 Å². The van der Waals surface area contributed by atoms with Gasteiger partial charge in [-0.05, 0) is 0 Å². The van der Waals surface area contributed by atoms with Gasteiger partial charge in [0.25, 0.3) is 0 Å². The molecule has 88 valence electrons. The van der Waals surface area contributed by atoms with Crippen LogP contribution in [0.4, 0.5) is 0 Å². The minimum absolute atomic E-state index is 0.127. The maximum absolute atomic E-state index is 10.9. The summed E-state index contributed by atoms with van der Waals surface area (Å²) in [6.45, 7) is 2.53. The maximum atomic E-state index is 10.9. The molecule has 0 aliphatic heterocycles. The molecular formula is C8H16O6Sn. The van der Waals surface area contributed by atoms with E-state index in [0.29, 0.717) is 0 Å². The van der Waals surface area contributed by atoms with E-state index >= 15 is 0 Å². The van der Waals surface area contributed by atoms with E-state index in [0.717, 1.165) is 0 Å². The van der Waals surface area contributed by atoms with Crippen LogP contribution in [0.25, 0.3) is 0 Å². The Kier molecular flexibility index (Phi) is 6.86. The average Bonchev–Trinajstić information content (AvgIpc) is 2.01.